The molecule has 0 bridgehead atoms. The van der Waals surface area contributed by atoms with Crippen molar-refractivity contribution in [1.29, 1.82) is 0 Å². The minimum atomic E-state index is -0.286. The van der Waals surface area contributed by atoms with E-state index >= 15 is 0 Å². The molecule has 1 aliphatic rings. The first kappa shape index (κ1) is 19.7. The van der Waals surface area contributed by atoms with Gasteiger partial charge in [-0.05, 0) is 32.6 Å². The normalized spacial score (nSPS) is 22.6. The van der Waals surface area contributed by atoms with E-state index in [0.29, 0.717) is 24.5 Å². The van der Waals surface area contributed by atoms with Gasteiger partial charge in [-0.2, -0.15) is 0 Å². The van der Waals surface area contributed by atoms with Crippen molar-refractivity contribution in [3.63, 3.8) is 0 Å². The number of nitrogens with one attached hydrogen (secondary N) is 2. The van der Waals surface area contributed by atoms with E-state index in [2.05, 4.69) is 22.5 Å². The lowest BCUT2D eigenvalue weighted by molar-refractivity contribution is -0.127. The predicted octanol–water partition coefficient (Wildman–Crippen LogP) is 1.61. The number of ether oxygens (including phenoxy) is 1. The Balaban J connectivity index is 2.70. The molecule has 1 aliphatic carbocycles. The number of guanidine groups is 1. The van der Waals surface area contributed by atoms with Crippen LogP contribution in [0.3, 0.4) is 0 Å². The maximum atomic E-state index is 11.8. The Kier molecular flexibility index (Phi) is 7.82. The van der Waals surface area contributed by atoms with Crippen LogP contribution < -0.4 is 10.6 Å². The molecule has 0 aliphatic heterocycles. The zero-order valence-electron chi connectivity index (χ0n) is 15.6. The molecule has 0 saturated heterocycles. The molecule has 0 heterocycles. The number of aliphatic imine (C=N–C) groups is 1. The Morgan fingerprint density at radius 3 is 2.52 bits per heavy atom. The average Bonchev–Trinajstić information content (AvgIpc) is 2.51. The Labute approximate surface area is 141 Å². The molecule has 1 saturated carbocycles. The van der Waals surface area contributed by atoms with E-state index in [0.717, 1.165) is 6.42 Å². The van der Waals surface area contributed by atoms with E-state index < -0.39 is 0 Å². The number of nitrogens with zero attached hydrogens (tertiary/aromatic N) is 2. The van der Waals surface area contributed by atoms with Crippen molar-refractivity contribution >= 4 is 11.9 Å². The number of methoxy groups -OCH3 is 1. The molecule has 23 heavy (non-hydrogen) atoms. The van der Waals surface area contributed by atoms with E-state index in [9.17, 15) is 4.79 Å². The van der Waals surface area contributed by atoms with Crippen LogP contribution in [0.4, 0.5) is 0 Å². The van der Waals surface area contributed by atoms with Gasteiger partial charge in [0.05, 0.1) is 5.60 Å². The standard InChI is InChI=1S/C17H34N4O2/c1-13-9-7-8-10-14(13)20-16(18-11-15(22)21(4)5)19-12-17(2,3)23-6/h13-14H,7-12H2,1-6H3,(H2,18,19,20). The number of rotatable bonds is 6. The highest BCUT2D eigenvalue weighted by Crippen LogP contribution is 2.23. The number of likely N-dealkylation sites (N-methyl/N-ethyl adjacent to an activating group) is 1. The molecule has 2 N–H and O–H groups in total. The topological polar surface area (TPSA) is 66.0 Å². The van der Waals surface area contributed by atoms with Crippen LogP contribution in [0.5, 0.6) is 0 Å². The second kappa shape index (κ2) is 9.11. The fraction of sp³-hybridized carbons (Fsp3) is 0.882. The van der Waals surface area contributed by atoms with Crippen LogP contribution in [-0.2, 0) is 9.53 Å². The lowest BCUT2D eigenvalue weighted by Gasteiger charge is -2.32. The van der Waals surface area contributed by atoms with Gasteiger partial charge in [-0.1, -0.05) is 19.8 Å². The first-order chi connectivity index (χ1) is 10.7. The van der Waals surface area contributed by atoms with Gasteiger partial charge in [0.25, 0.3) is 0 Å². The molecule has 0 radical (unpaired) electrons. The van der Waals surface area contributed by atoms with Gasteiger partial charge in [0.1, 0.15) is 6.54 Å². The Bertz CT molecular complexity index is 407. The second-order valence-electron chi connectivity index (χ2n) is 7.28. The smallest absolute Gasteiger partial charge is 0.243 e. The third-order valence-electron chi connectivity index (χ3n) is 4.54. The number of hydrogen-bond donors (Lipinski definition) is 2. The molecule has 0 aromatic heterocycles. The summed E-state index contributed by atoms with van der Waals surface area (Å²) in [7, 11) is 5.19. The Morgan fingerprint density at radius 1 is 1.30 bits per heavy atom. The Morgan fingerprint density at radius 2 is 1.96 bits per heavy atom. The molecule has 0 spiro atoms. The molecule has 1 rings (SSSR count). The fourth-order valence-corrected chi connectivity index (χ4v) is 2.52. The van der Waals surface area contributed by atoms with E-state index in [4.69, 9.17) is 4.74 Å². The van der Waals surface area contributed by atoms with Gasteiger partial charge in [-0.3, -0.25) is 4.79 Å². The highest BCUT2D eigenvalue weighted by molar-refractivity contribution is 5.85. The predicted molar refractivity (Wildman–Crippen MR) is 94.6 cm³/mol. The molecule has 6 heteroatoms. The molecule has 2 unspecified atom stereocenters. The maximum absolute atomic E-state index is 11.8. The zero-order valence-corrected chi connectivity index (χ0v) is 15.6. The van der Waals surface area contributed by atoms with Gasteiger partial charge < -0.3 is 20.3 Å². The molecule has 1 amide bonds. The SMILES string of the molecule is COC(C)(C)CNC(=NCC(=O)N(C)C)NC1CCCCC1C. The fourth-order valence-electron chi connectivity index (χ4n) is 2.52. The zero-order chi connectivity index (χ0) is 17.5. The number of carbonyl (C=O) groups is 1. The van der Waals surface area contributed by atoms with E-state index in [1.807, 2.05) is 13.8 Å². The molecular formula is C17H34N4O2. The molecular weight excluding hydrogens is 292 g/mol. The van der Waals surface area contributed by atoms with Crippen LogP contribution in [0.25, 0.3) is 0 Å². The molecule has 6 nitrogen and oxygen atoms in total. The largest absolute Gasteiger partial charge is 0.377 e. The molecule has 0 aromatic rings. The van der Waals surface area contributed by atoms with Crippen molar-refractivity contribution in [3.05, 3.63) is 0 Å². The maximum Gasteiger partial charge on any atom is 0.243 e. The van der Waals surface area contributed by atoms with Crippen LogP contribution >= 0.6 is 0 Å². The van der Waals surface area contributed by atoms with Crippen molar-refractivity contribution in [2.75, 3.05) is 34.3 Å². The first-order valence-electron chi connectivity index (χ1n) is 8.55. The minimum Gasteiger partial charge on any atom is -0.377 e. The summed E-state index contributed by atoms with van der Waals surface area (Å²) < 4.78 is 5.44. The van der Waals surface area contributed by atoms with Gasteiger partial charge in [-0.15, -0.1) is 0 Å². The van der Waals surface area contributed by atoms with E-state index in [1.54, 1.807) is 26.1 Å². The van der Waals surface area contributed by atoms with Crippen molar-refractivity contribution in [1.82, 2.24) is 15.5 Å². The Hall–Kier alpha value is -1.30. The van der Waals surface area contributed by atoms with Crippen LogP contribution in [0.1, 0.15) is 46.5 Å². The summed E-state index contributed by atoms with van der Waals surface area (Å²) in [6, 6.07) is 0.412. The summed E-state index contributed by atoms with van der Waals surface area (Å²) in [5.41, 5.74) is -0.286. The quantitative estimate of drug-likeness (QED) is 0.575. The van der Waals surface area contributed by atoms with E-state index in [1.165, 1.54) is 19.3 Å². The number of carbonyl (C=O) groups excluding carboxylic acids is 1. The van der Waals surface area contributed by atoms with Crippen molar-refractivity contribution in [2.45, 2.75) is 58.1 Å². The minimum absolute atomic E-state index is 0.00575. The molecule has 2 atom stereocenters. The van der Waals surface area contributed by atoms with Crippen LogP contribution in [0, 0.1) is 5.92 Å². The highest BCUT2D eigenvalue weighted by Gasteiger charge is 2.23. The van der Waals surface area contributed by atoms with Gasteiger partial charge in [0.15, 0.2) is 5.96 Å². The van der Waals surface area contributed by atoms with Gasteiger partial charge >= 0.3 is 0 Å². The highest BCUT2D eigenvalue weighted by atomic mass is 16.5. The lowest BCUT2D eigenvalue weighted by atomic mass is 9.86. The summed E-state index contributed by atoms with van der Waals surface area (Å²) in [4.78, 5) is 17.8. The first-order valence-corrected chi connectivity index (χ1v) is 8.55. The molecule has 0 aromatic carbocycles. The van der Waals surface area contributed by atoms with Crippen LogP contribution in [0.15, 0.2) is 4.99 Å². The number of hydrogen-bond acceptors (Lipinski definition) is 3. The lowest BCUT2D eigenvalue weighted by Crippen LogP contribution is -2.50. The van der Waals surface area contributed by atoms with Crippen LogP contribution in [0.2, 0.25) is 0 Å². The van der Waals surface area contributed by atoms with Gasteiger partial charge in [0, 0.05) is 33.8 Å². The monoisotopic (exact) mass is 326 g/mol. The second-order valence-corrected chi connectivity index (χ2v) is 7.28. The summed E-state index contributed by atoms with van der Waals surface area (Å²) in [6.45, 7) is 7.10. The van der Waals surface area contributed by atoms with Crippen molar-refractivity contribution in [3.8, 4) is 0 Å². The molecule has 134 valence electrons. The summed E-state index contributed by atoms with van der Waals surface area (Å²) >= 11 is 0. The average molecular weight is 326 g/mol. The van der Waals surface area contributed by atoms with Gasteiger partial charge in [-0.25, -0.2) is 4.99 Å². The van der Waals surface area contributed by atoms with E-state index in [-0.39, 0.29) is 18.1 Å². The van der Waals surface area contributed by atoms with Crippen LogP contribution in [-0.4, -0.2) is 62.7 Å². The summed E-state index contributed by atoms with van der Waals surface area (Å²) in [5, 5.41) is 6.83. The van der Waals surface area contributed by atoms with Crippen molar-refractivity contribution in [2.24, 2.45) is 10.9 Å². The summed E-state index contributed by atoms with van der Waals surface area (Å²) in [5.74, 6) is 1.31. The van der Waals surface area contributed by atoms with Crippen molar-refractivity contribution < 1.29 is 9.53 Å². The molecule has 1 fully saturated rings. The summed E-state index contributed by atoms with van der Waals surface area (Å²) in [6.07, 6.45) is 4.94. The third kappa shape index (κ3) is 7.20. The van der Waals surface area contributed by atoms with Gasteiger partial charge in [0.2, 0.25) is 5.91 Å². The number of amides is 1. The third-order valence-corrected chi connectivity index (χ3v) is 4.54.